The van der Waals surface area contributed by atoms with E-state index < -0.39 is 5.97 Å². The van der Waals surface area contributed by atoms with Crippen molar-refractivity contribution in [1.29, 1.82) is 0 Å². The monoisotopic (exact) mass is 300 g/mol. The first kappa shape index (κ1) is 17.8. The maximum absolute atomic E-state index is 12.0. The lowest BCUT2D eigenvalue weighted by atomic mass is 9.87. The van der Waals surface area contributed by atoms with Gasteiger partial charge in [0.05, 0.1) is 12.5 Å². The van der Waals surface area contributed by atoms with Crippen molar-refractivity contribution in [2.45, 2.75) is 71.1 Å². The maximum atomic E-state index is 12.0. The summed E-state index contributed by atoms with van der Waals surface area (Å²) in [7, 11) is 1.68. The van der Waals surface area contributed by atoms with E-state index in [-0.39, 0.29) is 36.1 Å². The Labute approximate surface area is 126 Å². The average molecular weight is 300 g/mol. The van der Waals surface area contributed by atoms with Crippen LogP contribution in [-0.2, 0) is 9.53 Å². The van der Waals surface area contributed by atoms with Crippen molar-refractivity contribution in [1.82, 2.24) is 10.6 Å². The fourth-order valence-electron chi connectivity index (χ4n) is 2.82. The molecule has 6 nitrogen and oxygen atoms in total. The van der Waals surface area contributed by atoms with Gasteiger partial charge < -0.3 is 20.5 Å². The second kappa shape index (κ2) is 7.64. The van der Waals surface area contributed by atoms with Crippen LogP contribution < -0.4 is 10.6 Å². The number of ether oxygens (including phenoxy) is 1. The predicted octanol–water partition coefficient (Wildman–Crippen LogP) is 2.13. The standard InChI is InChI=1S/C15H28N2O4/c1-15(2,3)9-11(8-13(18)19)17-14(20)16-10-5-6-12(7-10)21-4/h10-12H,5-9H2,1-4H3,(H,18,19)(H2,16,17,20). The third-order valence-corrected chi connectivity index (χ3v) is 3.67. The third-order valence-electron chi connectivity index (χ3n) is 3.67. The Morgan fingerprint density at radius 2 is 2.00 bits per heavy atom. The highest BCUT2D eigenvalue weighted by Gasteiger charge is 2.27. The minimum Gasteiger partial charge on any atom is -0.481 e. The van der Waals surface area contributed by atoms with Crippen molar-refractivity contribution in [3.8, 4) is 0 Å². The number of hydrogen-bond donors (Lipinski definition) is 3. The zero-order valence-electron chi connectivity index (χ0n) is 13.4. The second-order valence-corrected chi connectivity index (χ2v) is 7.05. The van der Waals surface area contributed by atoms with Crippen molar-refractivity contribution in [3.63, 3.8) is 0 Å². The number of nitrogens with one attached hydrogen (secondary N) is 2. The van der Waals surface area contributed by atoms with Crippen LogP contribution in [0.5, 0.6) is 0 Å². The summed E-state index contributed by atoms with van der Waals surface area (Å²) in [5.74, 6) is -0.898. The Balaban J connectivity index is 2.46. The molecule has 1 saturated carbocycles. The van der Waals surface area contributed by atoms with Crippen molar-refractivity contribution in [2.24, 2.45) is 5.41 Å². The summed E-state index contributed by atoms with van der Waals surface area (Å²) < 4.78 is 5.27. The normalized spacial score (nSPS) is 23.6. The van der Waals surface area contributed by atoms with Crippen LogP contribution in [0.1, 0.15) is 52.9 Å². The molecular weight excluding hydrogens is 272 g/mol. The van der Waals surface area contributed by atoms with E-state index in [1.807, 2.05) is 20.8 Å². The van der Waals surface area contributed by atoms with Gasteiger partial charge in [0.2, 0.25) is 0 Å². The van der Waals surface area contributed by atoms with Crippen LogP contribution >= 0.6 is 0 Å². The number of hydrogen-bond acceptors (Lipinski definition) is 3. The van der Waals surface area contributed by atoms with Crippen LogP contribution in [0.25, 0.3) is 0 Å². The molecule has 1 fully saturated rings. The third kappa shape index (κ3) is 7.32. The van der Waals surface area contributed by atoms with Gasteiger partial charge in [0.1, 0.15) is 0 Å². The number of carbonyl (C=O) groups is 2. The number of rotatable bonds is 6. The topological polar surface area (TPSA) is 87.7 Å². The van der Waals surface area contributed by atoms with Gasteiger partial charge in [-0.3, -0.25) is 4.79 Å². The highest BCUT2D eigenvalue weighted by atomic mass is 16.5. The Kier molecular flexibility index (Phi) is 6.45. The number of urea groups is 1. The molecule has 3 unspecified atom stereocenters. The molecule has 0 aromatic carbocycles. The summed E-state index contributed by atoms with van der Waals surface area (Å²) in [5.41, 5.74) is -0.0398. The van der Waals surface area contributed by atoms with Gasteiger partial charge in [-0.25, -0.2) is 4.79 Å². The zero-order chi connectivity index (χ0) is 16.0. The molecule has 21 heavy (non-hydrogen) atoms. The highest BCUT2D eigenvalue weighted by molar-refractivity contribution is 5.76. The first-order valence-corrected chi connectivity index (χ1v) is 7.51. The number of aliphatic carboxylic acids is 1. The molecule has 0 spiro atoms. The van der Waals surface area contributed by atoms with E-state index in [2.05, 4.69) is 10.6 Å². The molecule has 0 saturated heterocycles. The van der Waals surface area contributed by atoms with Crippen LogP contribution in [-0.4, -0.2) is 42.4 Å². The summed E-state index contributed by atoms with van der Waals surface area (Å²) in [5, 5.41) is 14.7. The van der Waals surface area contributed by atoms with Gasteiger partial charge in [-0.2, -0.15) is 0 Å². The number of carbonyl (C=O) groups excluding carboxylic acids is 1. The van der Waals surface area contributed by atoms with Crippen molar-refractivity contribution >= 4 is 12.0 Å². The molecule has 3 N–H and O–H groups in total. The predicted molar refractivity (Wildman–Crippen MR) is 80.2 cm³/mol. The molecule has 0 aliphatic heterocycles. The number of carboxylic acids is 1. The molecule has 3 atom stereocenters. The lowest BCUT2D eigenvalue weighted by Gasteiger charge is -2.26. The Morgan fingerprint density at radius 3 is 2.48 bits per heavy atom. The first-order valence-electron chi connectivity index (χ1n) is 7.51. The summed E-state index contributed by atoms with van der Waals surface area (Å²) in [6, 6.07) is -0.538. The van der Waals surface area contributed by atoms with Crippen LogP contribution in [0.2, 0.25) is 0 Å². The van der Waals surface area contributed by atoms with Gasteiger partial charge >= 0.3 is 12.0 Å². The molecule has 0 aromatic rings. The van der Waals surface area contributed by atoms with Crippen LogP contribution in [0.4, 0.5) is 4.79 Å². The SMILES string of the molecule is COC1CCC(NC(=O)NC(CC(=O)O)CC(C)(C)C)C1. The minimum absolute atomic E-state index is 0.0398. The van der Waals surface area contributed by atoms with Crippen molar-refractivity contribution in [3.05, 3.63) is 0 Å². The highest BCUT2D eigenvalue weighted by Crippen LogP contribution is 2.23. The molecule has 6 heteroatoms. The molecule has 1 aliphatic carbocycles. The molecule has 122 valence electrons. The average Bonchev–Trinajstić information content (AvgIpc) is 2.72. The molecule has 1 aliphatic rings. The van der Waals surface area contributed by atoms with Gasteiger partial charge in [-0.15, -0.1) is 0 Å². The number of amides is 2. The Hall–Kier alpha value is -1.30. The fourth-order valence-corrected chi connectivity index (χ4v) is 2.82. The summed E-state index contributed by atoms with van der Waals surface area (Å²) >= 11 is 0. The van der Waals surface area contributed by atoms with Gasteiger partial charge in [-0.05, 0) is 31.1 Å². The van der Waals surface area contributed by atoms with E-state index in [1.54, 1.807) is 7.11 Å². The van der Waals surface area contributed by atoms with E-state index in [0.717, 1.165) is 19.3 Å². The van der Waals surface area contributed by atoms with Gasteiger partial charge in [0, 0.05) is 19.2 Å². The smallest absolute Gasteiger partial charge is 0.315 e. The van der Waals surface area contributed by atoms with Gasteiger partial charge in [-0.1, -0.05) is 20.8 Å². The molecule has 0 aromatic heterocycles. The maximum Gasteiger partial charge on any atom is 0.315 e. The molecular formula is C15H28N2O4. The summed E-state index contributed by atoms with van der Waals surface area (Å²) in [6.45, 7) is 6.09. The van der Waals surface area contributed by atoms with Crippen molar-refractivity contribution < 1.29 is 19.4 Å². The van der Waals surface area contributed by atoms with Crippen LogP contribution in [0.3, 0.4) is 0 Å². The Morgan fingerprint density at radius 1 is 1.33 bits per heavy atom. The quantitative estimate of drug-likeness (QED) is 0.701. The zero-order valence-corrected chi connectivity index (χ0v) is 13.4. The summed E-state index contributed by atoms with van der Waals surface area (Å²) in [6.07, 6.45) is 3.43. The molecule has 0 heterocycles. The molecule has 0 bridgehead atoms. The summed E-state index contributed by atoms with van der Waals surface area (Å²) in [4.78, 5) is 22.9. The Bertz CT molecular complexity index is 365. The van der Waals surface area contributed by atoms with Gasteiger partial charge in [0.15, 0.2) is 0 Å². The lowest BCUT2D eigenvalue weighted by molar-refractivity contribution is -0.137. The van der Waals surface area contributed by atoms with E-state index in [4.69, 9.17) is 9.84 Å². The van der Waals surface area contributed by atoms with Crippen LogP contribution in [0.15, 0.2) is 0 Å². The first-order chi connectivity index (χ1) is 9.69. The molecule has 1 rings (SSSR count). The van der Waals surface area contributed by atoms with Gasteiger partial charge in [0.25, 0.3) is 0 Å². The van der Waals surface area contributed by atoms with E-state index >= 15 is 0 Å². The molecule has 2 amide bonds. The largest absolute Gasteiger partial charge is 0.481 e. The second-order valence-electron chi connectivity index (χ2n) is 7.05. The minimum atomic E-state index is -0.898. The van der Waals surface area contributed by atoms with E-state index in [9.17, 15) is 9.59 Å². The lowest BCUT2D eigenvalue weighted by Crippen LogP contribution is -2.47. The molecule has 0 radical (unpaired) electrons. The van der Waals surface area contributed by atoms with E-state index in [1.165, 1.54) is 0 Å². The van der Waals surface area contributed by atoms with E-state index in [0.29, 0.717) is 6.42 Å². The van der Waals surface area contributed by atoms with Crippen molar-refractivity contribution in [2.75, 3.05) is 7.11 Å². The number of carboxylic acid groups (broad SMARTS) is 1. The van der Waals surface area contributed by atoms with Crippen LogP contribution in [0, 0.1) is 5.41 Å². The fraction of sp³-hybridized carbons (Fsp3) is 0.867. The number of methoxy groups -OCH3 is 1.